The number of carbonyl (C=O) groups is 2. The molecule has 2 aromatic rings. The molecule has 0 aliphatic carbocycles. The number of hydrogen-bond donors (Lipinski definition) is 2. The molecule has 142 valence electrons. The molecule has 6 nitrogen and oxygen atoms in total. The van der Waals surface area contributed by atoms with Crippen LogP contribution in [0.3, 0.4) is 0 Å². The number of carbonyl (C=O) groups excluding carboxylic acids is 1. The van der Waals surface area contributed by atoms with Gasteiger partial charge in [0, 0.05) is 18.5 Å². The molecule has 0 spiro atoms. The number of nitrogens with one attached hydrogen (secondary N) is 1. The molecule has 27 heavy (non-hydrogen) atoms. The van der Waals surface area contributed by atoms with E-state index in [0.29, 0.717) is 5.56 Å². The first-order valence-corrected chi connectivity index (χ1v) is 9.87. The summed E-state index contributed by atoms with van der Waals surface area (Å²) in [5, 5.41) is 8.56. The van der Waals surface area contributed by atoms with E-state index in [9.17, 15) is 18.0 Å². The Balaban J connectivity index is 2.02. The summed E-state index contributed by atoms with van der Waals surface area (Å²) in [5.41, 5.74) is 2.37. The topological polar surface area (TPSA) is 101 Å². The van der Waals surface area contributed by atoms with Gasteiger partial charge in [-0.2, -0.15) is 0 Å². The average Bonchev–Trinajstić information content (AvgIpc) is 2.64. The summed E-state index contributed by atoms with van der Waals surface area (Å²) in [6.45, 7) is 1.99. The second-order valence-electron chi connectivity index (χ2n) is 5.97. The molecule has 7 heteroatoms. The van der Waals surface area contributed by atoms with Crippen LogP contribution >= 0.6 is 0 Å². The van der Waals surface area contributed by atoms with E-state index in [1.54, 1.807) is 6.08 Å². The van der Waals surface area contributed by atoms with E-state index >= 15 is 0 Å². The molecule has 0 unspecified atom stereocenters. The fraction of sp³-hybridized carbons (Fsp3) is 0.200. The lowest BCUT2D eigenvalue weighted by molar-refractivity contribution is -0.137. The van der Waals surface area contributed by atoms with Gasteiger partial charge >= 0.3 is 5.97 Å². The Kier molecular flexibility index (Phi) is 7.04. The van der Waals surface area contributed by atoms with Crippen molar-refractivity contribution in [3.63, 3.8) is 0 Å². The molecule has 2 aromatic carbocycles. The van der Waals surface area contributed by atoms with Crippen LogP contribution in [0.2, 0.25) is 0 Å². The number of hydrogen-bond acceptors (Lipinski definition) is 4. The number of benzene rings is 2. The first kappa shape index (κ1) is 20.5. The molecule has 0 fully saturated rings. The van der Waals surface area contributed by atoms with Gasteiger partial charge < -0.3 is 5.11 Å². The number of carboxylic acids is 1. The quantitative estimate of drug-likeness (QED) is 0.391. The predicted octanol–water partition coefficient (Wildman–Crippen LogP) is 3.03. The Labute approximate surface area is 158 Å². The largest absolute Gasteiger partial charge is 0.481 e. The van der Waals surface area contributed by atoms with Gasteiger partial charge in [0.05, 0.1) is 4.90 Å². The van der Waals surface area contributed by atoms with Crippen LogP contribution in [-0.2, 0) is 14.8 Å². The van der Waals surface area contributed by atoms with Gasteiger partial charge in [-0.3, -0.25) is 9.59 Å². The van der Waals surface area contributed by atoms with Gasteiger partial charge in [0.25, 0.3) is 0 Å². The average molecular weight is 387 g/mol. The van der Waals surface area contributed by atoms with Gasteiger partial charge in [-0.25, -0.2) is 13.1 Å². The maximum absolute atomic E-state index is 12.3. The highest BCUT2D eigenvalue weighted by atomic mass is 32.2. The minimum absolute atomic E-state index is 0.0252. The Morgan fingerprint density at radius 3 is 2.37 bits per heavy atom. The van der Waals surface area contributed by atoms with Crippen LogP contribution in [0.1, 0.15) is 34.3 Å². The van der Waals surface area contributed by atoms with E-state index in [4.69, 9.17) is 5.11 Å². The molecule has 0 amide bonds. The zero-order valence-electron chi connectivity index (χ0n) is 14.9. The molecule has 0 saturated heterocycles. The number of sulfonamides is 1. The second kappa shape index (κ2) is 9.25. The maximum atomic E-state index is 12.3. The fourth-order valence-corrected chi connectivity index (χ4v) is 3.44. The standard InChI is InChI=1S/C20H21NO5S/c1-15-5-2-3-6-16(15)10-13-19(22)17-8-11-18(12-9-17)27(25,26)21-14-4-7-20(23)24/h2-3,5-6,8-13,21H,4,7,14H2,1H3,(H,23,24)/b13-10+. The van der Waals surface area contributed by atoms with E-state index in [2.05, 4.69) is 4.72 Å². The van der Waals surface area contributed by atoms with E-state index in [1.165, 1.54) is 30.3 Å². The van der Waals surface area contributed by atoms with Crippen LogP contribution in [0.25, 0.3) is 6.08 Å². The molecule has 0 radical (unpaired) electrons. The van der Waals surface area contributed by atoms with Crippen LogP contribution in [0.4, 0.5) is 0 Å². The van der Waals surface area contributed by atoms with Gasteiger partial charge in [0.1, 0.15) is 0 Å². The highest BCUT2D eigenvalue weighted by molar-refractivity contribution is 7.89. The van der Waals surface area contributed by atoms with Crippen molar-refractivity contribution in [3.8, 4) is 0 Å². The van der Waals surface area contributed by atoms with Crippen molar-refractivity contribution in [2.24, 2.45) is 0 Å². The summed E-state index contributed by atoms with van der Waals surface area (Å²) in [6, 6.07) is 13.3. The van der Waals surface area contributed by atoms with Crippen molar-refractivity contribution in [2.75, 3.05) is 6.54 Å². The van der Waals surface area contributed by atoms with E-state index in [-0.39, 0.29) is 30.1 Å². The molecular weight excluding hydrogens is 366 g/mol. The SMILES string of the molecule is Cc1ccccc1/C=C/C(=O)c1ccc(S(=O)(=O)NCCCC(=O)O)cc1. The number of allylic oxidation sites excluding steroid dienone is 1. The zero-order chi connectivity index (χ0) is 19.9. The molecule has 0 aromatic heterocycles. The van der Waals surface area contributed by atoms with Crippen LogP contribution in [0, 0.1) is 6.92 Å². The molecule has 0 atom stereocenters. The van der Waals surface area contributed by atoms with Crippen molar-refractivity contribution in [1.82, 2.24) is 4.72 Å². The smallest absolute Gasteiger partial charge is 0.303 e. The third-order valence-electron chi connectivity index (χ3n) is 3.91. The van der Waals surface area contributed by atoms with Crippen molar-refractivity contribution in [1.29, 1.82) is 0 Å². The van der Waals surface area contributed by atoms with Crippen molar-refractivity contribution >= 4 is 27.9 Å². The second-order valence-corrected chi connectivity index (χ2v) is 7.74. The van der Waals surface area contributed by atoms with E-state index < -0.39 is 16.0 Å². The summed E-state index contributed by atoms with van der Waals surface area (Å²) in [6.07, 6.45) is 3.28. The molecule has 2 rings (SSSR count). The molecular formula is C20H21NO5S. The van der Waals surface area contributed by atoms with E-state index in [1.807, 2.05) is 31.2 Å². The van der Waals surface area contributed by atoms with Crippen molar-refractivity contribution in [2.45, 2.75) is 24.7 Å². The number of rotatable bonds is 9. The maximum Gasteiger partial charge on any atom is 0.303 e. The monoisotopic (exact) mass is 387 g/mol. The zero-order valence-corrected chi connectivity index (χ0v) is 15.7. The van der Waals surface area contributed by atoms with Crippen molar-refractivity contribution < 1.29 is 23.1 Å². The number of carboxylic acid groups (broad SMARTS) is 1. The van der Waals surface area contributed by atoms with Crippen LogP contribution in [0.5, 0.6) is 0 Å². The molecule has 0 aliphatic rings. The Hall–Kier alpha value is -2.77. The lowest BCUT2D eigenvalue weighted by Gasteiger charge is -2.06. The fourth-order valence-electron chi connectivity index (χ4n) is 2.36. The first-order valence-electron chi connectivity index (χ1n) is 8.39. The number of ketones is 1. The van der Waals surface area contributed by atoms with Gasteiger partial charge in [-0.15, -0.1) is 0 Å². The van der Waals surface area contributed by atoms with Crippen LogP contribution < -0.4 is 4.72 Å². The van der Waals surface area contributed by atoms with Gasteiger partial charge in [0.2, 0.25) is 10.0 Å². The minimum Gasteiger partial charge on any atom is -0.481 e. The van der Waals surface area contributed by atoms with Crippen molar-refractivity contribution in [3.05, 3.63) is 71.3 Å². The lowest BCUT2D eigenvalue weighted by atomic mass is 10.1. The molecule has 0 bridgehead atoms. The van der Waals surface area contributed by atoms with Crippen LogP contribution in [-0.4, -0.2) is 31.8 Å². The first-order chi connectivity index (χ1) is 12.8. The Bertz CT molecular complexity index is 947. The molecule has 0 aliphatic heterocycles. The summed E-state index contributed by atoms with van der Waals surface area (Å²) >= 11 is 0. The van der Waals surface area contributed by atoms with Gasteiger partial charge in [-0.1, -0.05) is 30.3 Å². The van der Waals surface area contributed by atoms with E-state index in [0.717, 1.165) is 11.1 Å². The molecule has 2 N–H and O–H groups in total. The Morgan fingerprint density at radius 1 is 1.07 bits per heavy atom. The molecule has 0 heterocycles. The number of aliphatic carboxylic acids is 1. The number of aryl methyl sites for hydroxylation is 1. The highest BCUT2D eigenvalue weighted by Crippen LogP contribution is 2.13. The molecule has 0 saturated carbocycles. The van der Waals surface area contributed by atoms with Crippen LogP contribution in [0.15, 0.2) is 59.5 Å². The normalized spacial score (nSPS) is 11.6. The summed E-state index contributed by atoms with van der Waals surface area (Å²) < 4.78 is 26.6. The Morgan fingerprint density at radius 2 is 1.74 bits per heavy atom. The lowest BCUT2D eigenvalue weighted by Crippen LogP contribution is -2.25. The highest BCUT2D eigenvalue weighted by Gasteiger charge is 2.14. The summed E-state index contributed by atoms with van der Waals surface area (Å²) in [5.74, 6) is -1.20. The third-order valence-corrected chi connectivity index (χ3v) is 5.39. The van der Waals surface area contributed by atoms with Gasteiger partial charge in [0.15, 0.2) is 5.78 Å². The third kappa shape index (κ3) is 6.16. The summed E-state index contributed by atoms with van der Waals surface area (Å²) in [7, 11) is -3.73. The van der Waals surface area contributed by atoms with Gasteiger partial charge in [-0.05, 0) is 54.8 Å². The summed E-state index contributed by atoms with van der Waals surface area (Å²) in [4.78, 5) is 22.7. The predicted molar refractivity (Wildman–Crippen MR) is 103 cm³/mol. The minimum atomic E-state index is -3.73.